The van der Waals surface area contributed by atoms with Crippen LogP contribution < -0.4 is 0 Å². The highest BCUT2D eigenvalue weighted by atomic mass is 19.1. The standard InChI is InChI=1S/C15H22FNO4/c1-11(2)17(15(18)19)14(8-9-21-10-20-3)12-6-4-5-7-13(12)16/h4-7,11,14H,8-10H2,1-3H3,(H,18,19)/t14-/m0/s1. The van der Waals surface area contributed by atoms with Gasteiger partial charge in [-0.2, -0.15) is 0 Å². The van der Waals surface area contributed by atoms with Gasteiger partial charge in [0.05, 0.1) is 12.6 Å². The molecule has 1 N–H and O–H groups in total. The molecule has 6 heteroatoms. The van der Waals surface area contributed by atoms with E-state index < -0.39 is 18.0 Å². The van der Waals surface area contributed by atoms with Crippen molar-refractivity contribution in [3.8, 4) is 0 Å². The van der Waals surface area contributed by atoms with Crippen molar-refractivity contribution in [2.24, 2.45) is 0 Å². The van der Waals surface area contributed by atoms with Crippen LogP contribution in [0.5, 0.6) is 0 Å². The number of hydrogen-bond donors (Lipinski definition) is 1. The second-order valence-electron chi connectivity index (χ2n) is 4.92. The molecule has 0 saturated heterocycles. The van der Waals surface area contributed by atoms with Crippen LogP contribution in [0.3, 0.4) is 0 Å². The zero-order valence-electron chi connectivity index (χ0n) is 12.6. The molecule has 1 aromatic rings. The summed E-state index contributed by atoms with van der Waals surface area (Å²) in [5.74, 6) is -0.416. The maximum Gasteiger partial charge on any atom is 0.408 e. The summed E-state index contributed by atoms with van der Waals surface area (Å²) in [5, 5.41) is 9.41. The second-order valence-corrected chi connectivity index (χ2v) is 4.92. The maximum absolute atomic E-state index is 14.0. The zero-order valence-corrected chi connectivity index (χ0v) is 12.6. The molecule has 0 aromatic heterocycles. The van der Waals surface area contributed by atoms with Gasteiger partial charge >= 0.3 is 6.09 Å². The van der Waals surface area contributed by atoms with Crippen molar-refractivity contribution in [1.29, 1.82) is 0 Å². The molecular formula is C15H22FNO4. The number of carboxylic acid groups (broad SMARTS) is 1. The van der Waals surface area contributed by atoms with Gasteiger partial charge < -0.3 is 14.6 Å². The molecule has 0 fully saturated rings. The number of methoxy groups -OCH3 is 1. The average Bonchev–Trinajstić information content (AvgIpc) is 2.42. The Bertz CT molecular complexity index is 453. The molecule has 0 aliphatic carbocycles. The normalized spacial score (nSPS) is 12.4. The first-order valence-electron chi connectivity index (χ1n) is 6.81. The van der Waals surface area contributed by atoms with Crippen LogP contribution in [0.1, 0.15) is 31.9 Å². The van der Waals surface area contributed by atoms with E-state index >= 15 is 0 Å². The van der Waals surface area contributed by atoms with Crippen molar-refractivity contribution >= 4 is 6.09 Å². The van der Waals surface area contributed by atoms with E-state index in [0.29, 0.717) is 12.0 Å². The van der Waals surface area contributed by atoms with Gasteiger partial charge in [-0.3, -0.25) is 4.90 Å². The third-order valence-corrected chi connectivity index (χ3v) is 3.11. The molecule has 0 saturated carbocycles. The Kier molecular flexibility index (Phi) is 7.11. The van der Waals surface area contributed by atoms with Gasteiger partial charge in [0.2, 0.25) is 0 Å². The summed E-state index contributed by atoms with van der Waals surface area (Å²) in [5.41, 5.74) is 0.356. The number of nitrogens with zero attached hydrogens (tertiary/aromatic N) is 1. The van der Waals surface area contributed by atoms with E-state index in [-0.39, 0.29) is 19.4 Å². The number of rotatable bonds is 8. The lowest BCUT2D eigenvalue weighted by molar-refractivity contribution is -0.0372. The lowest BCUT2D eigenvalue weighted by Gasteiger charge is -2.33. The Labute approximate surface area is 124 Å². The largest absolute Gasteiger partial charge is 0.465 e. The van der Waals surface area contributed by atoms with E-state index in [1.54, 1.807) is 32.0 Å². The summed E-state index contributed by atoms with van der Waals surface area (Å²) in [6, 6.07) is 5.35. The van der Waals surface area contributed by atoms with E-state index in [9.17, 15) is 14.3 Å². The van der Waals surface area contributed by atoms with Crippen LogP contribution in [0.25, 0.3) is 0 Å². The van der Waals surface area contributed by atoms with Gasteiger partial charge in [0.15, 0.2) is 0 Å². The van der Waals surface area contributed by atoms with Crippen LogP contribution in [0.4, 0.5) is 9.18 Å². The number of halogens is 1. The molecule has 0 radical (unpaired) electrons. The minimum Gasteiger partial charge on any atom is -0.465 e. The first-order chi connectivity index (χ1) is 9.99. The number of benzene rings is 1. The van der Waals surface area contributed by atoms with Crippen molar-refractivity contribution in [1.82, 2.24) is 4.90 Å². The Morgan fingerprint density at radius 2 is 2.05 bits per heavy atom. The van der Waals surface area contributed by atoms with Crippen LogP contribution in [-0.2, 0) is 9.47 Å². The zero-order chi connectivity index (χ0) is 15.8. The fraction of sp³-hybridized carbons (Fsp3) is 0.533. The van der Waals surface area contributed by atoms with Crippen LogP contribution in [0.2, 0.25) is 0 Å². The molecule has 1 atom stereocenters. The van der Waals surface area contributed by atoms with Crippen LogP contribution in [0.15, 0.2) is 24.3 Å². The van der Waals surface area contributed by atoms with Gasteiger partial charge in [0.1, 0.15) is 12.6 Å². The topological polar surface area (TPSA) is 59.0 Å². The van der Waals surface area contributed by atoms with Gasteiger partial charge in [-0.25, -0.2) is 9.18 Å². The predicted octanol–water partition coefficient (Wildman–Crippen LogP) is 3.27. The van der Waals surface area contributed by atoms with Crippen molar-refractivity contribution in [3.63, 3.8) is 0 Å². The fourth-order valence-electron chi connectivity index (χ4n) is 2.24. The van der Waals surface area contributed by atoms with Gasteiger partial charge in [-0.05, 0) is 26.3 Å². The Morgan fingerprint density at radius 3 is 2.57 bits per heavy atom. The van der Waals surface area contributed by atoms with Crippen molar-refractivity contribution in [2.45, 2.75) is 32.4 Å². The Hall–Kier alpha value is -1.66. The molecule has 5 nitrogen and oxygen atoms in total. The smallest absolute Gasteiger partial charge is 0.408 e. The summed E-state index contributed by atoms with van der Waals surface area (Å²) in [6.45, 7) is 3.93. The first kappa shape index (κ1) is 17.4. The minimum atomic E-state index is -1.08. The molecular weight excluding hydrogens is 277 g/mol. The summed E-state index contributed by atoms with van der Waals surface area (Å²) in [7, 11) is 1.51. The van der Waals surface area contributed by atoms with E-state index in [4.69, 9.17) is 9.47 Å². The van der Waals surface area contributed by atoms with Crippen LogP contribution >= 0.6 is 0 Å². The molecule has 0 aliphatic heterocycles. The quantitative estimate of drug-likeness (QED) is 0.591. The van der Waals surface area contributed by atoms with Crippen LogP contribution in [0, 0.1) is 5.82 Å². The highest BCUT2D eigenvalue weighted by molar-refractivity contribution is 5.66. The first-order valence-corrected chi connectivity index (χ1v) is 6.81. The highest BCUT2D eigenvalue weighted by Crippen LogP contribution is 2.28. The van der Waals surface area contributed by atoms with Gasteiger partial charge in [-0.1, -0.05) is 18.2 Å². The SMILES string of the molecule is COCOCC[C@@H](c1ccccc1F)N(C(=O)O)C(C)C. The lowest BCUT2D eigenvalue weighted by atomic mass is 10.0. The number of hydrogen-bond acceptors (Lipinski definition) is 3. The fourth-order valence-corrected chi connectivity index (χ4v) is 2.24. The molecule has 0 bridgehead atoms. The maximum atomic E-state index is 14.0. The van der Waals surface area contributed by atoms with Gasteiger partial charge in [-0.15, -0.1) is 0 Å². The van der Waals surface area contributed by atoms with Crippen molar-refractivity contribution in [3.05, 3.63) is 35.6 Å². The second kappa shape index (κ2) is 8.59. The van der Waals surface area contributed by atoms with Crippen molar-refractivity contribution in [2.75, 3.05) is 20.5 Å². The van der Waals surface area contributed by atoms with Crippen LogP contribution in [-0.4, -0.2) is 42.7 Å². The summed E-state index contributed by atoms with van der Waals surface area (Å²) in [6.07, 6.45) is -0.723. The Balaban J connectivity index is 2.98. The third kappa shape index (κ3) is 4.99. The molecule has 118 valence electrons. The van der Waals surface area contributed by atoms with E-state index in [1.165, 1.54) is 18.1 Å². The summed E-state index contributed by atoms with van der Waals surface area (Å²) < 4.78 is 24.0. The highest BCUT2D eigenvalue weighted by Gasteiger charge is 2.28. The minimum absolute atomic E-state index is 0.124. The van der Waals surface area contributed by atoms with Gasteiger partial charge in [0, 0.05) is 18.7 Å². The Morgan fingerprint density at radius 1 is 1.38 bits per heavy atom. The predicted molar refractivity (Wildman–Crippen MR) is 76.6 cm³/mol. The molecule has 1 aromatic carbocycles. The van der Waals surface area contributed by atoms with E-state index in [2.05, 4.69) is 0 Å². The van der Waals surface area contributed by atoms with E-state index in [1.807, 2.05) is 0 Å². The molecule has 0 unspecified atom stereocenters. The molecule has 1 rings (SSSR count). The molecule has 0 spiro atoms. The third-order valence-electron chi connectivity index (χ3n) is 3.11. The molecule has 0 heterocycles. The monoisotopic (exact) mass is 299 g/mol. The van der Waals surface area contributed by atoms with E-state index in [0.717, 1.165) is 0 Å². The van der Waals surface area contributed by atoms with Crippen molar-refractivity contribution < 1.29 is 23.8 Å². The van der Waals surface area contributed by atoms with Gasteiger partial charge in [0.25, 0.3) is 0 Å². The molecule has 0 aliphatic rings. The number of carbonyl (C=O) groups is 1. The lowest BCUT2D eigenvalue weighted by Crippen LogP contribution is -2.40. The summed E-state index contributed by atoms with van der Waals surface area (Å²) in [4.78, 5) is 12.7. The molecule has 1 amide bonds. The molecule has 21 heavy (non-hydrogen) atoms. The average molecular weight is 299 g/mol. The summed E-state index contributed by atoms with van der Waals surface area (Å²) >= 11 is 0. The number of ether oxygens (including phenoxy) is 2. The number of amides is 1.